The smallest absolute Gasteiger partial charge is 0.255 e. The topological polar surface area (TPSA) is 68.6 Å². The summed E-state index contributed by atoms with van der Waals surface area (Å²) in [5.74, 6) is 1.10. The molecule has 7 nitrogen and oxygen atoms in total. The molecule has 32 heavy (non-hydrogen) atoms. The fourth-order valence-electron chi connectivity index (χ4n) is 3.64. The van der Waals surface area contributed by atoms with Crippen LogP contribution in [0.3, 0.4) is 0 Å². The average Bonchev–Trinajstić information content (AvgIpc) is 3.27. The summed E-state index contributed by atoms with van der Waals surface area (Å²) in [7, 11) is 3.20. The first-order valence-electron chi connectivity index (χ1n) is 10.9. The first-order valence-corrected chi connectivity index (χ1v) is 10.9. The molecule has 3 aromatic rings. The molecule has 1 amide bonds. The van der Waals surface area contributed by atoms with Crippen molar-refractivity contribution in [2.75, 3.05) is 33.9 Å². The van der Waals surface area contributed by atoms with E-state index >= 15 is 0 Å². The van der Waals surface area contributed by atoms with Crippen LogP contribution in [0.2, 0.25) is 0 Å². The molecule has 0 saturated carbocycles. The first kappa shape index (κ1) is 23.3. The SMILES string of the molecule is CCN(CCNC(=O)c1cn(-c2ccccc2)nc1-c1ccc(OC)cc1OC)C(C)C. The van der Waals surface area contributed by atoms with E-state index in [0.717, 1.165) is 24.3 Å². The van der Waals surface area contributed by atoms with E-state index in [9.17, 15) is 4.79 Å². The van der Waals surface area contributed by atoms with Gasteiger partial charge in [-0.3, -0.25) is 9.69 Å². The summed E-state index contributed by atoms with van der Waals surface area (Å²) in [6.07, 6.45) is 1.77. The summed E-state index contributed by atoms with van der Waals surface area (Å²) in [5.41, 5.74) is 2.65. The van der Waals surface area contributed by atoms with Gasteiger partial charge in [0.2, 0.25) is 0 Å². The maximum atomic E-state index is 13.2. The molecule has 0 aliphatic carbocycles. The second-order valence-electron chi connectivity index (χ2n) is 7.72. The minimum atomic E-state index is -0.167. The van der Waals surface area contributed by atoms with Gasteiger partial charge in [0.15, 0.2) is 0 Å². The molecule has 7 heteroatoms. The lowest BCUT2D eigenvalue weighted by Gasteiger charge is -2.24. The van der Waals surface area contributed by atoms with Crippen molar-refractivity contribution in [2.24, 2.45) is 0 Å². The lowest BCUT2D eigenvalue weighted by molar-refractivity contribution is 0.0946. The minimum Gasteiger partial charge on any atom is -0.497 e. The molecule has 0 aliphatic heterocycles. The largest absolute Gasteiger partial charge is 0.497 e. The Morgan fingerprint density at radius 2 is 1.88 bits per heavy atom. The predicted octanol–water partition coefficient (Wildman–Crippen LogP) is 4.02. The van der Waals surface area contributed by atoms with Gasteiger partial charge in [0, 0.05) is 37.0 Å². The van der Waals surface area contributed by atoms with Crippen molar-refractivity contribution in [2.45, 2.75) is 26.8 Å². The number of likely N-dealkylation sites (N-methyl/N-ethyl adjacent to an activating group) is 1. The van der Waals surface area contributed by atoms with E-state index < -0.39 is 0 Å². The number of methoxy groups -OCH3 is 2. The predicted molar refractivity (Wildman–Crippen MR) is 127 cm³/mol. The van der Waals surface area contributed by atoms with Crippen LogP contribution in [-0.4, -0.2) is 60.5 Å². The van der Waals surface area contributed by atoms with Crippen LogP contribution in [0.25, 0.3) is 16.9 Å². The molecule has 2 aromatic carbocycles. The molecule has 1 aromatic heterocycles. The number of hydrogen-bond donors (Lipinski definition) is 1. The van der Waals surface area contributed by atoms with Crippen molar-refractivity contribution in [1.82, 2.24) is 20.0 Å². The van der Waals surface area contributed by atoms with E-state index in [1.807, 2.05) is 42.5 Å². The second-order valence-corrected chi connectivity index (χ2v) is 7.72. The van der Waals surface area contributed by atoms with Gasteiger partial charge in [-0.05, 0) is 44.7 Å². The Kier molecular flexibility index (Phi) is 7.89. The quantitative estimate of drug-likeness (QED) is 0.520. The van der Waals surface area contributed by atoms with Crippen molar-refractivity contribution in [3.8, 4) is 28.4 Å². The van der Waals surface area contributed by atoms with E-state index in [2.05, 4.69) is 31.0 Å². The monoisotopic (exact) mass is 436 g/mol. The number of nitrogens with zero attached hydrogens (tertiary/aromatic N) is 3. The van der Waals surface area contributed by atoms with Crippen LogP contribution in [0.1, 0.15) is 31.1 Å². The van der Waals surface area contributed by atoms with Gasteiger partial charge in [0.1, 0.15) is 17.2 Å². The maximum Gasteiger partial charge on any atom is 0.255 e. The number of aromatic nitrogens is 2. The van der Waals surface area contributed by atoms with Crippen LogP contribution < -0.4 is 14.8 Å². The number of ether oxygens (including phenoxy) is 2. The van der Waals surface area contributed by atoms with Gasteiger partial charge < -0.3 is 14.8 Å². The Hall–Kier alpha value is -3.32. The first-order chi connectivity index (χ1) is 15.5. The summed E-state index contributed by atoms with van der Waals surface area (Å²) in [4.78, 5) is 15.5. The summed E-state index contributed by atoms with van der Waals surface area (Å²) < 4.78 is 12.6. The van der Waals surface area contributed by atoms with Gasteiger partial charge in [-0.15, -0.1) is 0 Å². The molecule has 0 saturated heterocycles. The number of para-hydroxylation sites is 1. The Labute approximate surface area is 190 Å². The molecule has 0 unspecified atom stereocenters. The summed E-state index contributed by atoms with van der Waals surface area (Å²) >= 11 is 0. The fourth-order valence-corrected chi connectivity index (χ4v) is 3.64. The van der Waals surface area contributed by atoms with Crippen molar-refractivity contribution >= 4 is 5.91 Å². The van der Waals surface area contributed by atoms with E-state index in [-0.39, 0.29) is 5.91 Å². The van der Waals surface area contributed by atoms with Gasteiger partial charge in [-0.2, -0.15) is 5.10 Å². The zero-order chi connectivity index (χ0) is 23.1. The molecule has 170 valence electrons. The Bertz CT molecular complexity index is 1030. The average molecular weight is 437 g/mol. The van der Waals surface area contributed by atoms with E-state index in [4.69, 9.17) is 14.6 Å². The van der Waals surface area contributed by atoms with Crippen LogP contribution in [0.4, 0.5) is 0 Å². The molecule has 0 radical (unpaired) electrons. The van der Waals surface area contributed by atoms with E-state index in [1.165, 1.54) is 0 Å². The minimum absolute atomic E-state index is 0.167. The molecule has 1 N–H and O–H groups in total. The third kappa shape index (κ3) is 5.29. The highest BCUT2D eigenvalue weighted by molar-refractivity contribution is 6.00. The third-order valence-corrected chi connectivity index (χ3v) is 5.46. The van der Waals surface area contributed by atoms with E-state index in [1.54, 1.807) is 31.2 Å². The summed E-state index contributed by atoms with van der Waals surface area (Å²) in [6, 6.07) is 15.6. The lowest BCUT2D eigenvalue weighted by atomic mass is 10.1. The standard InChI is InChI=1S/C25H32N4O3/c1-6-28(18(2)3)15-14-26-25(30)22-17-29(19-10-8-7-9-11-19)27-24(22)21-13-12-20(31-4)16-23(21)32-5/h7-13,16-18H,6,14-15H2,1-5H3,(H,26,30). The number of hydrogen-bond acceptors (Lipinski definition) is 5. The molecule has 0 aliphatic rings. The van der Waals surface area contributed by atoms with E-state index in [0.29, 0.717) is 35.3 Å². The van der Waals surface area contributed by atoms with Gasteiger partial charge in [-0.25, -0.2) is 4.68 Å². The fraction of sp³-hybridized carbons (Fsp3) is 0.360. The van der Waals surface area contributed by atoms with Gasteiger partial charge >= 0.3 is 0 Å². The molecular weight excluding hydrogens is 404 g/mol. The molecule has 1 heterocycles. The normalized spacial score (nSPS) is 11.1. The zero-order valence-corrected chi connectivity index (χ0v) is 19.5. The molecule has 0 spiro atoms. The van der Waals surface area contributed by atoms with Crippen LogP contribution in [0.15, 0.2) is 54.7 Å². The van der Waals surface area contributed by atoms with Crippen molar-refractivity contribution < 1.29 is 14.3 Å². The highest BCUT2D eigenvalue weighted by Crippen LogP contribution is 2.34. The molecule has 0 fully saturated rings. The van der Waals surface area contributed by atoms with Crippen molar-refractivity contribution in [3.63, 3.8) is 0 Å². The number of benzene rings is 2. The number of rotatable bonds is 10. The highest BCUT2D eigenvalue weighted by Gasteiger charge is 2.22. The molecule has 0 bridgehead atoms. The Morgan fingerprint density at radius 3 is 2.50 bits per heavy atom. The summed E-state index contributed by atoms with van der Waals surface area (Å²) in [6.45, 7) is 8.72. The van der Waals surface area contributed by atoms with Gasteiger partial charge in [-0.1, -0.05) is 25.1 Å². The van der Waals surface area contributed by atoms with Crippen molar-refractivity contribution in [1.29, 1.82) is 0 Å². The Morgan fingerprint density at radius 1 is 1.12 bits per heavy atom. The van der Waals surface area contributed by atoms with Crippen LogP contribution >= 0.6 is 0 Å². The van der Waals surface area contributed by atoms with Crippen molar-refractivity contribution in [3.05, 3.63) is 60.3 Å². The Balaban J connectivity index is 1.96. The number of nitrogens with one attached hydrogen (secondary N) is 1. The van der Waals surface area contributed by atoms with Crippen LogP contribution in [0.5, 0.6) is 11.5 Å². The van der Waals surface area contributed by atoms with Gasteiger partial charge in [0.25, 0.3) is 5.91 Å². The number of carbonyl (C=O) groups excluding carboxylic acids is 1. The maximum absolute atomic E-state index is 13.2. The third-order valence-electron chi connectivity index (χ3n) is 5.46. The second kappa shape index (κ2) is 10.8. The number of amides is 1. The number of carbonyl (C=O) groups is 1. The van der Waals surface area contributed by atoms with Crippen LogP contribution in [-0.2, 0) is 0 Å². The van der Waals surface area contributed by atoms with Crippen LogP contribution in [0, 0.1) is 0 Å². The zero-order valence-electron chi connectivity index (χ0n) is 19.5. The molecule has 3 rings (SSSR count). The lowest BCUT2D eigenvalue weighted by Crippen LogP contribution is -2.38. The molecular formula is C25H32N4O3. The highest BCUT2D eigenvalue weighted by atomic mass is 16.5. The summed E-state index contributed by atoms with van der Waals surface area (Å²) in [5, 5.41) is 7.80. The van der Waals surface area contributed by atoms with Gasteiger partial charge in [0.05, 0.1) is 25.5 Å². The molecule has 0 atom stereocenters.